The van der Waals surface area contributed by atoms with Gasteiger partial charge in [0.1, 0.15) is 5.69 Å². The maximum Gasteiger partial charge on any atom is 0.269 e. The molecule has 2 N–H and O–H groups in total. The van der Waals surface area contributed by atoms with Crippen molar-refractivity contribution in [2.45, 2.75) is 6.92 Å². The second-order valence-electron chi connectivity index (χ2n) is 5.58. The molecule has 5 nitrogen and oxygen atoms in total. The van der Waals surface area contributed by atoms with Gasteiger partial charge in [-0.1, -0.05) is 11.6 Å². The van der Waals surface area contributed by atoms with E-state index < -0.39 is 0 Å². The number of hydrogen-bond donors (Lipinski definition) is 2. The van der Waals surface area contributed by atoms with E-state index in [-0.39, 0.29) is 5.91 Å². The zero-order chi connectivity index (χ0) is 16.8. The van der Waals surface area contributed by atoms with Crippen LogP contribution in [0.1, 0.15) is 16.1 Å². The Morgan fingerprint density at radius 1 is 1.26 bits per heavy atom. The third kappa shape index (κ3) is 5.23. The molecule has 0 aliphatic carbocycles. The predicted molar refractivity (Wildman–Crippen MR) is 94.6 cm³/mol. The van der Waals surface area contributed by atoms with Gasteiger partial charge in [-0.3, -0.25) is 4.79 Å². The van der Waals surface area contributed by atoms with E-state index in [4.69, 9.17) is 11.6 Å². The molecule has 23 heavy (non-hydrogen) atoms. The first kappa shape index (κ1) is 17.2. The number of anilines is 2. The fourth-order valence-electron chi connectivity index (χ4n) is 2.01. The zero-order valence-electron chi connectivity index (χ0n) is 13.6. The standard InChI is InChI=1S/C17H21ClN4O/c1-12-10-13(18)4-6-15(12)21-14-5-7-16(20-11-14)17(23)19-8-9-22(2)3/h4-7,10-11,21H,8-9H2,1-3H3,(H,19,23). The molecule has 0 aliphatic rings. The summed E-state index contributed by atoms with van der Waals surface area (Å²) in [6, 6.07) is 9.18. The highest BCUT2D eigenvalue weighted by molar-refractivity contribution is 6.30. The molecule has 122 valence electrons. The van der Waals surface area contributed by atoms with Gasteiger partial charge in [0.05, 0.1) is 11.9 Å². The van der Waals surface area contributed by atoms with Gasteiger partial charge >= 0.3 is 0 Å². The molecule has 1 heterocycles. The quantitative estimate of drug-likeness (QED) is 0.853. The van der Waals surface area contributed by atoms with Crippen LogP contribution >= 0.6 is 11.6 Å². The van der Waals surface area contributed by atoms with E-state index in [0.29, 0.717) is 17.3 Å². The van der Waals surface area contributed by atoms with Crippen molar-refractivity contribution in [3.8, 4) is 0 Å². The van der Waals surface area contributed by atoms with Gasteiger partial charge in [0.25, 0.3) is 5.91 Å². The van der Waals surface area contributed by atoms with Crippen LogP contribution < -0.4 is 10.6 Å². The molecule has 0 aliphatic heterocycles. The van der Waals surface area contributed by atoms with E-state index in [1.54, 1.807) is 12.3 Å². The van der Waals surface area contributed by atoms with E-state index in [0.717, 1.165) is 23.5 Å². The molecule has 0 spiro atoms. The molecular weight excluding hydrogens is 312 g/mol. The summed E-state index contributed by atoms with van der Waals surface area (Å²) in [5.41, 5.74) is 3.23. The molecule has 6 heteroatoms. The van der Waals surface area contributed by atoms with Gasteiger partial charge in [0.2, 0.25) is 0 Å². The number of hydrogen-bond acceptors (Lipinski definition) is 4. The summed E-state index contributed by atoms with van der Waals surface area (Å²) < 4.78 is 0. The summed E-state index contributed by atoms with van der Waals surface area (Å²) in [4.78, 5) is 18.2. The Balaban J connectivity index is 1.97. The highest BCUT2D eigenvalue weighted by Crippen LogP contribution is 2.23. The fourth-order valence-corrected chi connectivity index (χ4v) is 2.24. The van der Waals surface area contributed by atoms with E-state index in [2.05, 4.69) is 15.6 Å². The fraction of sp³-hybridized carbons (Fsp3) is 0.294. The van der Waals surface area contributed by atoms with Gasteiger partial charge in [-0.15, -0.1) is 0 Å². The minimum atomic E-state index is -0.166. The summed E-state index contributed by atoms with van der Waals surface area (Å²) >= 11 is 5.95. The van der Waals surface area contributed by atoms with E-state index in [9.17, 15) is 4.79 Å². The molecule has 1 aromatic heterocycles. The predicted octanol–water partition coefficient (Wildman–Crippen LogP) is 3.08. The summed E-state index contributed by atoms with van der Waals surface area (Å²) in [5, 5.41) is 6.81. The van der Waals surface area contributed by atoms with E-state index in [1.807, 2.05) is 50.2 Å². The first-order valence-corrected chi connectivity index (χ1v) is 7.75. The van der Waals surface area contributed by atoms with Gasteiger partial charge in [-0.25, -0.2) is 4.98 Å². The van der Waals surface area contributed by atoms with Gasteiger partial charge in [0, 0.05) is 23.8 Å². The molecule has 0 radical (unpaired) electrons. The maximum atomic E-state index is 12.0. The lowest BCUT2D eigenvalue weighted by molar-refractivity contribution is 0.0946. The number of pyridine rings is 1. The number of halogens is 1. The summed E-state index contributed by atoms with van der Waals surface area (Å²) in [6.45, 7) is 3.37. The average Bonchev–Trinajstić information content (AvgIpc) is 2.50. The first-order valence-electron chi connectivity index (χ1n) is 7.38. The number of nitrogens with zero attached hydrogens (tertiary/aromatic N) is 2. The Morgan fingerprint density at radius 3 is 2.65 bits per heavy atom. The van der Waals surface area contributed by atoms with Crippen LogP contribution in [0.2, 0.25) is 5.02 Å². The summed E-state index contributed by atoms with van der Waals surface area (Å²) in [7, 11) is 3.92. The third-order valence-electron chi connectivity index (χ3n) is 3.31. The summed E-state index contributed by atoms with van der Waals surface area (Å²) in [6.07, 6.45) is 1.65. The van der Waals surface area contributed by atoms with Crippen LogP contribution in [0.5, 0.6) is 0 Å². The topological polar surface area (TPSA) is 57.3 Å². The number of amides is 1. The smallest absolute Gasteiger partial charge is 0.269 e. The number of nitrogens with one attached hydrogen (secondary N) is 2. The van der Waals surface area contributed by atoms with E-state index >= 15 is 0 Å². The number of carbonyl (C=O) groups excluding carboxylic acids is 1. The molecule has 1 aromatic carbocycles. The number of rotatable bonds is 6. The van der Waals surface area contributed by atoms with Crippen LogP contribution in [0.25, 0.3) is 0 Å². The molecule has 0 fully saturated rings. The normalized spacial score (nSPS) is 10.7. The van der Waals surface area contributed by atoms with Gasteiger partial charge < -0.3 is 15.5 Å². The number of aromatic nitrogens is 1. The lowest BCUT2D eigenvalue weighted by atomic mass is 10.2. The molecule has 0 saturated heterocycles. The van der Waals surface area contributed by atoms with Crippen molar-refractivity contribution >= 4 is 28.9 Å². The van der Waals surface area contributed by atoms with Crippen molar-refractivity contribution in [1.82, 2.24) is 15.2 Å². The highest BCUT2D eigenvalue weighted by atomic mass is 35.5. The minimum Gasteiger partial charge on any atom is -0.354 e. The molecule has 0 bridgehead atoms. The zero-order valence-corrected chi connectivity index (χ0v) is 14.3. The van der Waals surface area contributed by atoms with Crippen molar-refractivity contribution in [3.63, 3.8) is 0 Å². The third-order valence-corrected chi connectivity index (χ3v) is 3.54. The number of aryl methyl sites for hydroxylation is 1. The van der Waals surface area contributed by atoms with Crippen LogP contribution in [0.15, 0.2) is 36.5 Å². The monoisotopic (exact) mass is 332 g/mol. The molecule has 2 aromatic rings. The van der Waals surface area contributed by atoms with Crippen molar-refractivity contribution in [3.05, 3.63) is 52.8 Å². The second-order valence-corrected chi connectivity index (χ2v) is 6.01. The number of likely N-dealkylation sites (N-methyl/N-ethyl adjacent to an activating group) is 1. The van der Waals surface area contributed by atoms with Crippen molar-refractivity contribution < 1.29 is 4.79 Å². The molecule has 0 saturated carbocycles. The van der Waals surface area contributed by atoms with Crippen LogP contribution in [0.3, 0.4) is 0 Å². The Hall–Kier alpha value is -2.11. The average molecular weight is 333 g/mol. The number of benzene rings is 1. The van der Waals surface area contributed by atoms with Crippen molar-refractivity contribution in [2.75, 3.05) is 32.5 Å². The first-order chi connectivity index (χ1) is 11.0. The van der Waals surface area contributed by atoms with Gasteiger partial charge in [-0.05, 0) is 56.9 Å². The summed E-state index contributed by atoms with van der Waals surface area (Å²) in [5.74, 6) is -0.166. The molecule has 1 amide bonds. The lowest BCUT2D eigenvalue weighted by Gasteiger charge is -2.11. The van der Waals surface area contributed by atoms with E-state index in [1.165, 1.54) is 0 Å². The second kappa shape index (κ2) is 7.94. The molecular formula is C17H21ClN4O. The Labute approximate surface area is 141 Å². The number of carbonyl (C=O) groups is 1. The van der Waals surface area contributed by atoms with Crippen LogP contribution in [0.4, 0.5) is 11.4 Å². The Kier molecular flexibility index (Phi) is 5.96. The van der Waals surface area contributed by atoms with Crippen LogP contribution in [-0.2, 0) is 0 Å². The Bertz CT molecular complexity index is 671. The largest absolute Gasteiger partial charge is 0.354 e. The van der Waals surface area contributed by atoms with Crippen LogP contribution in [0, 0.1) is 6.92 Å². The lowest BCUT2D eigenvalue weighted by Crippen LogP contribution is -2.31. The maximum absolute atomic E-state index is 12.0. The molecule has 2 rings (SSSR count). The molecule has 0 atom stereocenters. The van der Waals surface area contributed by atoms with Crippen LogP contribution in [-0.4, -0.2) is 43.0 Å². The molecule has 0 unspecified atom stereocenters. The highest BCUT2D eigenvalue weighted by Gasteiger charge is 2.07. The van der Waals surface area contributed by atoms with Gasteiger partial charge in [-0.2, -0.15) is 0 Å². The van der Waals surface area contributed by atoms with Crippen molar-refractivity contribution in [1.29, 1.82) is 0 Å². The Morgan fingerprint density at radius 2 is 2.04 bits per heavy atom. The SMILES string of the molecule is Cc1cc(Cl)ccc1Nc1ccc(C(=O)NCCN(C)C)nc1. The van der Waals surface area contributed by atoms with Gasteiger partial charge in [0.15, 0.2) is 0 Å². The minimum absolute atomic E-state index is 0.166. The van der Waals surface area contributed by atoms with Crippen molar-refractivity contribution in [2.24, 2.45) is 0 Å².